The van der Waals surface area contributed by atoms with Crippen molar-refractivity contribution in [1.29, 1.82) is 0 Å². The Hall–Kier alpha value is -2.18. The lowest BCUT2D eigenvalue weighted by Crippen LogP contribution is -2.34. The van der Waals surface area contributed by atoms with Gasteiger partial charge in [0.15, 0.2) is 0 Å². The third-order valence-electron chi connectivity index (χ3n) is 3.73. The highest BCUT2D eigenvalue weighted by Crippen LogP contribution is 2.20. The molecule has 0 aliphatic heterocycles. The van der Waals surface area contributed by atoms with Crippen LogP contribution in [0.5, 0.6) is 0 Å². The Balaban J connectivity index is 1.75. The second kappa shape index (κ2) is 6.29. The highest BCUT2D eigenvalue weighted by atomic mass is 32.1. The number of thiophene rings is 1. The molecule has 0 unspecified atom stereocenters. The molecule has 0 radical (unpaired) electrons. The van der Waals surface area contributed by atoms with Crippen molar-refractivity contribution in [1.82, 2.24) is 20.4 Å². The van der Waals surface area contributed by atoms with E-state index in [0.29, 0.717) is 12.1 Å². The van der Waals surface area contributed by atoms with Crippen molar-refractivity contribution in [2.24, 2.45) is 0 Å². The lowest BCUT2D eigenvalue weighted by molar-refractivity contribution is 0.0943. The van der Waals surface area contributed by atoms with E-state index in [1.54, 1.807) is 17.5 Å². The summed E-state index contributed by atoms with van der Waals surface area (Å²) in [6.45, 7) is 0.563. The number of likely N-dealkylation sites (N-methyl/N-ethyl adjacent to an activating group) is 1. The molecule has 0 spiro atoms. The van der Waals surface area contributed by atoms with Gasteiger partial charge in [0.1, 0.15) is 0 Å². The SMILES string of the molecule is CN(C)[C@H](CNC(=O)c1cccc2cn[nH]c12)c1ccsc1. The average Bonchev–Trinajstić information content (AvgIpc) is 3.17. The Morgan fingerprint density at radius 2 is 2.27 bits per heavy atom. The van der Waals surface area contributed by atoms with Gasteiger partial charge < -0.3 is 10.2 Å². The van der Waals surface area contributed by atoms with Crippen LogP contribution in [0.25, 0.3) is 10.9 Å². The maximum atomic E-state index is 12.5. The molecular formula is C16H18N4OS. The number of hydrogen-bond donors (Lipinski definition) is 2. The van der Waals surface area contributed by atoms with Gasteiger partial charge >= 0.3 is 0 Å². The molecule has 1 aromatic carbocycles. The zero-order valence-electron chi connectivity index (χ0n) is 12.5. The molecule has 0 bridgehead atoms. The fraction of sp³-hybridized carbons (Fsp3) is 0.250. The van der Waals surface area contributed by atoms with Crippen LogP contribution in [0.2, 0.25) is 0 Å². The molecule has 3 aromatic rings. The standard InChI is InChI=1S/C16H18N4OS/c1-20(2)14(12-6-7-22-10-12)9-17-16(21)13-5-3-4-11-8-18-19-15(11)13/h3-8,10,14H,9H2,1-2H3,(H,17,21)(H,18,19)/t14-/m1/s1. The van der Waals surface area contributed by atoms with E-state index in [1.807, 2.05) is 32.3 Å². The molecule has 114 valence electrons. The number of amides is 1. The number of para-hydroxylation sites is 1. The number of aromatic amines is 1. The minimum atomic E-state index is -0.0862. The third-order valence-corrected chi connectivity index (χ3v) is 4.43. The van der Waals surface area contributed by atoms with Gasteiger partial charge in [-0.05, 0) is 42.6 Å². The number of benzene rings is 1. The average molecular weight is 314 g/mol. The largest absolute Gasteiger partial charge is 0.350 e. The smallest absolute Gasteiger partial charge is 0.253 e. The number of hydrogen-bond acceptors (Lipinski definition) is 4. The summed E-state index contributed by atoms with van der Waals surface area (Å²) in [6, 6.07) is 7.87. The van der Waals surface area contributed by atoms with E-state index < -0.39 is 0 Å². The lowest BCUT2D eigenvalue weighted by atomic mass is 10.1. The van der Waals surface area contributed by atoms with Crippen LogP contribution >= 0.6 is 11.3 Å². The molecule has 1 amide bonds. The summed E-state index contributed by atoms with van der Waals surface area (Å²) in [5.74, 6) is -0.0862. The van der Waals surface area contributed by atoms with E-state index in [1.165, 1.54) is 5.56 Å². The molecule has 0 fully saturated rings. The van der Waals surface area contributed by atoms with Gasteiger partial charge in [-0.2, -0.15) is 16.4 Å². The minimum Gasteiger partial charge on any atom is -0.350 e. The van der Waals surface area contributed by atoms with E-state index >= 15 is 0 Å². The van der Waals surface area contributed by atoms with E-state index in [0.717, 1.165) is 10.9 Å². The summed E-state index contributed by atoms with van der Waals surface area (Å²) >= 11 is 1.67. The van der Waals surface area contributed by atoms with Crippen LogP contribution in [0.3, 0.4) is 0 Å². The van der Waals surface area contributed by atoms with Crippen molar-refractivity contribution in [3.63, 3.8) is 0 Å². The molecular weight excluding hydrogens is 296 g/mol. The second-order valence-electron chi connectivity index (χ2n) is 5.39. The van der Waals surface area contributed by atoms with E-state index in [2.05, 4.69) is 37.2 Å². The highest BCUT2D eigenvalue weighted by Gasteiger charge is 2.17. The summed E-state index contributed by atoms with van der Waals surface area (Å²) < 4.78 is 0. The Morgan fingerprint density at radius 3 is 3.00 bits per heavy atom. The first kappa shape index (κ1) is 14.7. The number of carbonyl (C=O) groups is 1. The van der Waals surface area contributed by atoms with E-state index in [4.69, 9.17) is 0 Å². The van der Waals surface area contributed by atoms with Crippen LogP contribution in [-0.2, 0) is 0 Å². The number of carbonyl (C=O) groups excluding carboxylic acids is 1. The van der Waals surface area contributed by atoms with Crippen molar-refractivity contribution in [2.45, 2.75) is 6.04 Å². The number of nitrogens with zero attached hydrogens (tertiary/aromatic N) is 2. The summed E-state index contributed by atoms with van der Waals surface area (Å²) in [4.78, 5) is 14.6. The van der Waals surface area contributed by atoms with E-state index in [-0.39, 0.29) is 11.9 Å². The minimum absolute atomic E-state index is 0.0862. The third kappa shape index (κ3) is 2.88. The number of nitrogens with one attached hydrogen (secondary N) is 2. The Kier molecular flexibility index (Phi) is 4.22. The molecule has 22 heavy (non-hydrogen) atoms. The predicted molar refractivity (Wildman–Crippen MR) is 89.2 cm³/mol. The zero-order valence-corrected chi connectivity index (χ0v) is 13.4. The summed E-state index contributed by atoms with van der Waals surface area (Å²) in [5.41, 5.74) is 2.62. The summed E-state index contributed by atoms with van der Waals surface area (Å²) in [5, 5.41) is 15.0. The first-order valence-electron chi connectivity index (χ1n) is 7.05. The van der Waals surface area contributed by atoms with Gasteiger partial charge in [-0.3, -0.25) is 9.89 Å². The van der Waals surface area contributed by atoms with Gasteiger partial charge in [-0.15, -0.1) is 0 Å². The molecule has 2 heterocycles. The number of H-pyrrole nitrogens is 1. The Bertz CT molecular complexity index is 763. The highest BCUT2D eigenvalue weighted by molar-refractivity contribution is 7.07. The molecule has 5 nitrogen and oxygen atoms in total. The molecule has 0 aliphatic carbocycles. The zero-order chi connectivity index (χ0) is 15.5. The molecule has 0 aliphatic rings. The van der Waals surface area contributed by atoms with Crippen molar-refractivity contribution >= 4 is 28.1 Å². The molecule has 3 rings (SSSR count). The number of fused-ring (bicyclic) bond motifs is 1. The van der Waals surface area contributed by atoms with Gasteiger partial charge in [-0.1, -0.05) is 12.1 Å². The molecule has 6 heteroatoms. The van der Waals surface area contributed by atoms with Gasteiger partial charge in [0.25, 0.3) is 5.91 Å². The fourth-order valence-electron chi connectivity index (χ4n) is 2.51. The van der Waals surface area contributed by atoms with Crippen LogP contribution < -0.4 is 5.32 Å². The fourth-order valence-corrected chi connectivity index (χ4v) is 3.21. The number of aromatic nitrogens is 2. The van der Waals surface area contributed by atoms with Gasteiger partial charge in [0.2, 0.25) is 0 Å². The topological polar surface area (TPSA) is 61.0 Å². The van der Waals surface area contributed by atoms with Crippen LogP contribution in [0.15, 0.2) is 41.2 Å². The second-order valence-corrected chi connectivity index (χ2v) is 6.17. The van der Waals surface area contributed by atoms with Crippen molar-refractivity contribution in [2.75, 3.05) is 20.6 Å². The van der Waals surface area contributed by atoms with Gasteiger partial charge in [0.05, 0.1) is 23.3 Å². The number of rotatable bonds is 5. The van der Waals surface area contributed by atoms with Crippen LogP contribution in [-0.4, -0.2) is 41.6 Å². The first-order chi connectivity index (χ1) is 10.7. The summed E-state index contributed by atoms with van der Waals surface area (Å²) in [6.07, 6.45) is 1.72. The maximum Gasteiger partial charge on any atom is 0.253 e. The lowest BCUT2D eigenvalue weighted by Gasteiger charge is -2.24. The van der Waals surface area contributed by atoms with Crippen molar-refractivity contribution < 1.29 is 4.79 Å². The predicted octanol–water partition coefficient (Wildman–Crippen LogP) is 2.66. The molecule has 2 N–H and O–H groups in total. The van der Waals surface area contributed by atoms with Crippen LogP contribution in [0.1, 0.15) is 22.0 Å². The molecule has 0 saturated heterocycles. The Morgan fingerprint density at radius 1 is 1.41 bits per heavy atom. The molecule has 1 atom stereocenters. The summed E-state index contributed by atoms with van der Waals surface area (Å²) in [7, 11) is 4.04. The Labute approximate surface area is 133 Å². The van der Waals surface area contributed by atoms with E-state index in [9.17, 15) is 4.79 Å². The van der Waals surface area contributed by atoms with Gasteiger partial charge in [-0.25, -0.2) is 0 Å². The normalized spacial score (nSPS) is 12.7. The van der Waals surface area contributed by atoms with Gasteiger partial charge in [0, 0.05) is 11.9 Å². The first-order valence-corrected chi connectivity index (χ1v) is 8.00. The molecule has 2 aromatic heterocycles. The molecule has 0 saturated carbocycles. The van der Waals surface area contributed by atoms with Crippen LogP contribution in [0.4, 0.5) is 0 Å². The maximum absolute atomic E-state index is 12.5. The quantitative estimate of drug-likeness (QED) is 0.761. The van der Waals surface area contributed by atoms with Crippen LogP contribution in [0, 0.1) is 0 Å². The van der Waals surface area contributed by atoms with Crippen molar-refractivity contribution in [3.8, 4) is 0 Å². The monoisotopic (exact) mass is 314 g/mol. The van der Waals surface area contributed by atoms with Crippen molar-refractivity contribution in [3.05, 3.63) is 52.3 Å².